The van der Waals surface area contributed by atoms with Crippen LogP contribution in [0.4, 0.5) is 0 Å². The van der Waals surface area contributed by atoms with E-state index >= 15 is 0 Å². The molecule has 0 saturated carbocycles. The zero-order valence-electron chi connectivity index (χ0n) is 20.0. The van der Waals surface area contributed by atoms with Crippen molar-refractivity contribution >= 4 is 23.4 Å². The second-order valence-corrected chi connectivity index (χ2v) is 9.10. The van der Waals surface area contributed by atoms with Gasteiger partial charge in [0.05, 0.1) is 6.42 Å². The Labute approximate surface area is 207 Å². The number of hydrogen-bond acceptors (Lipinski definition) is 2. The first kappa shape index (κ1) is 25.5. The maximum absolute atomic E-state index is 13.7. The summed E-state index contributed by atoms with van der Waals surface area (Å²) in [7, 11) is 0. The molecule has 1 atom stereocenters. The summed E-state index contributed by atoms with van der Waals surface area (Å²) in [6.45, 7) is 5.09. The molecule has 0 aliphatic heterocycles. The number of rotatable bonds is 11. The van der Waals surface area contributed by atoms with Crippen LogP contribution in [0.5, 0.6) is 0 Å². The van der Waals surface area contributed by atoms with Gasteiger partial charge in [-0.05, 0) is 42.2 Å². The third kappa shape index (κ3) is 7.74. The largest absolute Gasteiger partial charge is 0.354 e. The van der Waals surface area contributed by atoms with Gasteiger partial charge in [0.2, 0.25) is 11.8 Å². The smallest absolute Gasteiger partial charge is 0.243 e. The topological polar surface area (TPSA) is 49.4 Å². The number of unbranched alkanes of at least 4 members (excludes halogenated alkanes) is 1. The minimum absolute atomic E-state index is 0.0876. The van der Waals surface area contributed by atoms with Gasteiger partial charge in [0.1, 0.15) is 6.04 Å². The molecule has 1 unspecified atom stereocenters. The molecule has 1 N–H and O–H groups in total. The minimum atomic E-state index is -0.612. The van der Waals surface area contributed by atoms with Crippen LogP contribution in [-0.2, 0) is 29.0 Å². The Morgan fingerprint density at radius 2 is 1.62 bits per heavy atom. The molecule has 2 amide bonds. The van der Waals surface area contributed by atoms with Crippen LogP contribution in [0.2, 0.25) is 5.02 Å². The van der Waals surface area contributed by atoms with Crippen molar-refractivity contribution in [2.24, 2.45) is 0 Å². The van der Waals surface area contributed by atoms with Gasteiger partial charge in [-0.3, -0.25) is 9.59 Å². The van der Waals surface area contributed by atoms with Crippen LogP contribution >= 0.6 is 11.6 Å². The molecular formula is C29H33ClN2O2. The van der Waals surface area contributed by atoms with Crippen LogP contribution in [0.1, 0.15) is 42.0 Å². The number of hydrogen-bond donors (Lipinski definition) is 1. The first-order valence-corrected chi connectivity index (χ1v) is 12.2. The molecule has 4 nitrogen and oxygen atoms in total. The molecule has 0 bridgehead atoms. The summed E-state index contributed by atoms with van der Waals surface area (Å²) < 4.78 is 0. The van der Waals surface area contributed by atoms with E-state index in [4.69, 9.17) is 11.6 Å². The normalized spacial score (nSPS) is 11.6. The van der Waals surface area contributed by atoms with E-state index in [0.717, 1.165) is 35.1 Å². The molecule has 3 aromatic rings. The van der Waals surface area contributed by atoms with Gasteiger partial charge in [-0.2, -0.15) is 0 Å². The summed E-state index contributed by atoms with van der Waals surface area (Å²) >= 11 is 6.03. The van der Waals surface area contributed by atoms with Crippen molar-refractivity contribution in [2.75, 3.05) is 6.54 Å². The average molecular weight is 477 g/mol. The summed E-state index contributed by atoms with van der Waals surface area (Å²) in [5.74, 6) is -0.204. The highest BCUT2D eigenvalue weighted by atomic mass is 35.5. The molecule has 3 rings (SSSR count). The molecular weight excluding hydrogens is 444 g/mol. The molecule has 0 radical (unpaired) electrons. The molecule has 0 fully saturated rings. The third-order valence-corrected chi connectivity index (χ3v) is 6.06. The van der Waals surface area contributed by atoms with Gasteiger partial charge in [-0.15, -0.1) is 0 Å². The predicted octanol–water partition coefficient (Wildman–Crippen LogP) is 5.75. The van der Waals surface area contributed by atoms with Crippen LogP contribution in [0.3, 0.4) is 0 Å². The van der Waals surface area contributed by atoms with E-state index in [-0.39, 0.29) is 18.2 Å². The number of nitrogens with one attached hydrogen (secondary N) is 1. The van der Waals surface area contributed by atoms with Crippen molar-refractivity contribution in [2.45, 2.75) is 52.1 Å². The Balaban J connectivity index is 1.93. The summed E-state index contributed by atoms with van der Waals surface area (Å²) in [4.78, 5) is 28.8. The van der Waals surface area contributed by atoms with Gasteiger partial charge in [-0.25, -0.2) is 0 Å². The number of benzene rings is 3. The lowest BCUT2D eigenvalue weighted by Crippen LogP contribution is -2.51. The van der Waals surface area contributed by atoms with E-state index in [2.05, 4.69) is 18.3 Å². The Morgan fingerprint density at radius 1 is 0.912 bits per heavy atom. The Hall–Kier alpha value is -3.11. The second-order valence-electron chi connectivity index (χ2n) is 8.66. The summed E-state index contributed by atoms with van der Waals surface area (Å²) in [6.07, 6.45) is 2.56. The highest BCUT2D eigenvalue weighted by Crippen LogP contribution is 2.18. The van der Waals surface area contributed by atoms with Gasteiger partial charge in [-0.1, -0.05) is 97.2 Å². The second kappa shape index (κ2) is 13.0. The maximum Gasteiger partial charge on any atom is 0.243 e. The summed E-state index contributed by atoms with van der Waals surface area (Å²) in [5, 5.41) is 3.69. The monoisotopic (exact) mass is 476 g/mol. The van der Waals surface area contributed by atoms with E-state index in [1.807, 2.05) is 67.6 Å². The first-order chi connectivity index (χ1) is 16.5. The molecule has 3 aromatic carbocycles. The van der Waals surface area contributed by atoms with Crippen LogP contribution in [0.25, 0.3) is 0 Å². The van der Waals surface area contributed by atoms with Gasteiger partial charge < -0.3 is 10.2 Å². The first-order valence-electron chi connectivity index (χ1n) is 11.9. The lowest BCUT2D eigenvalue weighted by Gasteiger charge is -2.32. The van der Waals surface area contributed by atoms with Crippen molar-refractivity contribution in [3.63, 3.8) is 0 Å². The van der Waals surface area contributed by atoms with E-state index < -0.39 is 6.04 Å². The number of carbonyl (C=O) groups is 2. The molecule has 0 aliphatic rings. The fourth-order valence-electron chi connectivity index (χ4n) is 3.95. The van der Waals surface area contributed by atoms with Gasteiger partial charge in [0, 0.05) is 24.5 Å². The third-order valence-electron chi connectivity index (χ3n) is 5.80. The van der Waals surface area contributed by atoms with E-state index in [1.54, 1.807) is 17.0 Å². The molecule has 34 heavy (non-hydrogen) atoms. The number of carbonyl (C=O) groups excluding carboxylic acids is 2. The molecule has 0 heterocycles. The van der Waals surface area contributed by atoms with Crippen molar-refractivity contribution in [3.05, 3.63) is 106 Å². The van der Waals surface area contributed by atoms with Crippen molar-refractivity contribution < 1.29 is 9.59 Å². The molecule has 178 valence electrons. The molecule has 0 aliphatic carbocycles. The standard InChI is InChI=1S/C29H33ClN2O2/c1-3-4-17-31-29(34)27(19-23-10-6-5-7-11-23)32(21-25-12-8-9-22(2)18-25)28(33)20-24-13-15-26(30)16-14-24/h5-16,18,27H,3-4,17,19-21H2,1-2H3,(H,31,34). The van der Waals surface area contributed by atoms with Gasteiger partial charge in [0.15, 0.2) is 0 Å². The van der Waals surface area contributed by atoms with Crippen LogP contribution in [0, 0.1) is 6.92 Å². The molecule has 5 heteroatoms. The highest BCUT2D eigenvalue weighted by Gasteiger charge is 2.30. The molecule has 0 spiro atoms. The van der Waals surface area contributed by atoms with E-state index in [1.165, 1.54) is 0 Å². The van der Waals surface area contributed by atoms with Gasteiger partial charge in [0.25, 0.3) is 0 Å². The number of aryl methyl sites for hydroxylation is 1. The Kier molecular flexibility index (Phi) is 9.72. The van der Waals surface area contributed by atoms with Gasteiger partial charge >= 0.3 is 0 Å². The summed E-state index contributed by atoms with van der Waals surface area (Å²) in [6, 6.07) is 24.6. The predicted molar refractivity (Wildman–Crippen MR) is 139 cm³/mol. The average Bonchev–Trinajstić information content (AvgIpc) is 2.83. The van der Waals surface area contributed by atoms with Crippen LogP contribution < -0.4 is 5.32 Å². The zero-order chi connectivity index (χ0) is 24.3. The number of nitrogens with zero attached hydrogens (tertiary/aromatic N) is 1. The zero-order valence-corrected chi connectivity index (χ0v) is 20.7. The lowest BCUT2D eigenvalue weighted by molar-refractivity contribution is -0.140. The van der Waals surface area contributed by atoms with Crippen molar-refractivity contribution in [1.82, 2.24) is 10.2 Å². The fraction of sp³-hybridized carbons (Fsp3) is 0.310. The van der Waals surface area contributed by atoms with Crippen molar-refractivity contribution in [1.29, 1.82) is 0 Å². The quantitative estimate of drug-likeness (QED) is 0.358. The number of halogens is 1. The molecule has 0 aromatic heterocycles. The van der Waals surface area contributed by atoms with Crippen molar-refractivity contribution in [3.8, 4) is 0 Å². The SMILES string of the molecule is CCCCNC(=O)C(Cc1ccccc1)N(Cc1cccc(C)c1)C(=O)Cc1ccc(Cl)cc1. The Morgan fingerprint density at radius 3 is 2.29 bits per heavy atom. The van der Waals surface area contributed by atoms with Crippen LogP contribution in [-0.4, -0.2) is 29.3 Å². The highest BCUT2D eigenvalue weighted by molar-refractivity contribution is 6.30. The maximum atomic E-state index is 13.7. The molecule has 0 saturated heterocycles. The lowest BCUT2D eigenvalue weighted by atomic mass is 10.0. The number of amides is 2. The Bertz CT molecular complexity index is 1070. The van der Waals surface area contributed by atoms with E-state index in [0.29, 0.717) is 24.5 Å². The fourth-order valence-corrected chi connectivity index (χ4v) is 4.07. The summed E-state index contributed by atoms with van der Waals surface area (Å²) in [5.41, 5.74) is 4.01. The van der Waals surface area contributed by atoms with E-state index in [9.17, 15) is 9.59 Å². The van der Waals surface area contributed by atoms with Crippen LogP contribution in [0.15, 0.2) is 78.9 Å². The minimum Gasteiger partial charge on any atom is -0.354 e.